The van der Waals surface area contributed by atoms with Gasteiger partial charge in [-0.05, 0) is 69.6 Å². The molecule has 354 valence electrons. The van der Waals surface area contributed by atoms with Crippen molar-refractivity contribution in [2.45, 2.75) is 82.4 Å². The van der Waals surface area contributed by atoms with E-state index < -0.39 is 22.1 Å². The Morgan fingerprint density at radius 3 is 2.05 bits per heavy atom. The monoisotopic (exact) mass is 935 g/mol. The van der Waals surface area contributed by atoms with Gasteiger partial charge in [0.2, 0.25) is 11.6 Å². The second-order valence-electron chi connectivity index (χ2n) is 18.9. The Bertz CT molecular complexity index is 2260. The number of carboxylic acids is 2. The van der Waals surface area contributed by atoms with Gasteiger partial charge >= 0.3 is 11.9 Å². The minimum Gasteiger partial charge on any atom is -0.480 e. The Morgan fingerprint density at radius 1 is 0.815 bits per heavy atom. The van der Waals surface area contributed by atoms with Crippen LogP contribution in [0.1, 0.15) is 77.3 Å². The zero-order valence-corrected chi connectivity index (χ0v) is 40.0. The maximum atomic E-state index is 13.3. The number of nitrogens with zero attached hydrogens (tertiary/aromatic N) is 5. The third-order valence-electron chi connectivity index (χ3n) is 13.5. The molecule has 1 aliphatic carbocycles. The number of nitrogens with one attached hydrogen (secondary N) is 1. The Balaban J connectivity index is 1.12. The van der Waals surface area contributed by atoms with Gasteiger partial charge in [0.1, 0.15) is 6.54 Å². The molecular formula is C49H68ClN6O8S+. The van der Waals surface area contributed by atoms with E-state index in [4.69, 9.17) is 11.6 Å². The van der Waals surface area contributed by atoms with Crippen LogP contribution in [-0.2, 0) is 35.3 Å². The topological polar surface area (TPSA) is 174 Å². The van der Waals surface area contributed by atoms with Crippen LogP contribution in [0.2, 0.25) is 0 Å². The fourth-order valence-corrected chi connectivity index (χ4v) is 10.9. The molecule has 1 amide bonds. The molecule has 2 atom stereocenters. The summed E-state index contributed by atoms with van der Waals surface area (Å²) >= 11 is 7.38. The molecule has 4 aliphatic rings. The molecule has 2 unspecified atom stereocenters. The number of carbonyl (C=O) groups excluding carboxylic acids is 1. The number of aliphatic carboxylic acids is 2. The number of benzene rings is 2. The molecule has 2 fully saturated rings. The number of hydrogen-bond donors (Lipinski definition) is 4. The van der Waals surface area contributed by atoms with Gasteiger partial charge in [0.15, 0.2) is 5.71 Å². The number of para-hydroxylation sites is 2. The van der Waals surface area contributed by atoms with E-state index in [9.17, 15) is 37.6 Å². The first-order valence-electron chi connectivity index (χ1n) is 23.0. The zero-order chi connectivity index (χ0) is 46.9. The van der Waals surface area contributed by atoms with Crippen LogP contribution in [0.3, 0.4) is 0 Å². The highest BCUT2D eigenvalue weighted by atomic mass is 35.5. The van der Waals surface area contributed by atoms with E-state index in [0.29, 0.717) is 78.2 Å². The van der Waals surface area contributed by atoms with Gasteiger partial charge in [-0.1, -0.05) is 68.0 Å². The first-order chi connectivity index (χ1) is 30.8. The van der Waals surface area contributed by atoms with Crippen molar-refractivity contribution in [1.29, 1.82) is 0 Å². The highest BCUT2D eigenvalue weighted by Gasteiger charge is 2.44. The summed E-state index contributed by atoms with van der Waals surface area (Å²) in [4.78, 5) is 44.1. The number of halogens is 1. The Labute approximate surface area is 390 Å². The number of carboxylic acid groups (broad SMARTS) is 2. The van der Waals surface area contributed by atoms with Crippen LogP contribution in [0.25, 0.3) is 0 Å². The molecule has 0 spiro atoms. The van der Waals surface area contributed by atoms with Gasteiger partial charge in [-0.15, -0.1) is 11.6 Å². The number of rotatable bonds is 18. The van der Waals surface area contributed by atoms with Gasteiger partial charge in [0.05, 0.1) is 36.2 Å². The summed E-state index contributed by atoms with van der Waals surface area (Å²) in [5.41, 5.74) is 7.69. The van der Waals surface area contributed by atoms with E-state index in [1.807, 2.05) is 11.0 Å². The smallest absolute Gasteiger partial charge is 0.317 e. The highest BCUT2D eigenvalue weighted by Crippen LogP contribution is 2.48. The first-order valence-corrected chi connectivity index (χ1v) is 25.1. The van der Waals surface area contributed by atoms with E-state index >= 15 is 0 Å². The molecular weight excluding hydrogens is 868 g/mol. The van der Waals surface area contributed by atoms with E-state index in [-0.39, 0.29) is 53.4 Å². The molecule has 2 aromatic rings. The largest absolute Gasteiger partial charge is 0.480 e. The molecule has 6 rings (SSSR count). The quantitative estimate of drug-likeness (QED) is 0.0605. The second kappa shape index (κ2) is 21.9. The van der Waals surface area contributed by atoms with Gasteiger partial charge in [-0.3, -0.25) is 33.6 Å². The number of alkyl halides is 1. The van der Waals surface area contributed by atoms with E-state index in [1.54, 1.807) is 9.80 Å². The third-order valence-corrected chi connectivity index (χ3v) is 14.9. The summed E-state index contributed by atoms with van der Waals surface area (Å²) in [7, 11) is -4.01. The summed E-state index contributed by atoms with van der Waals surface area (Å²) < 4.78 is 34.4. The number of carbonyl (C=O) groups is 3. The minimum absolute atomic E-state index is 0.118. The zero-order valence-electron chi connectivity index (χ0n) is 38.4. The number of unbranched alkanes of at least 4 members (excludes halogenated alkanes) is 1. The van der Waals surface area contributed by atoms with Crippen molar-refractivity contribution in [3.63, 3.8) is 0 Å². The van der Waals surface area contributed by atoms with Crippen molar-refractivity contribution >= 4 is 56.7 Å². The normalized spacial score (nSPS) is 23.1. The number of fused-ring (bicyclic) bond motifs is 2. The molecule has 2 aromatic carbocycles. The summed E-state index contributed by atoms with van der Waals surface area (Å²) in [6.07, 6.45) is 13.5. The van der Waals surface area contributed by atoms with Gasteiger partial charge in [-0.25, -0.2) is 0 Å². The van der Waals surface area contributed by atoms with Crippen LogP contribution in [0.5, 0.6) is 0 Å². The van der Waals surface area contributed by atoms with Crippen molar-refractivity contribution in [2.24, 2.45) is 5.92 Å². The maximum Gasteiger partial charge on any atom is 0.317 e. The van der Waals surface area contributed by atoms with Crippen LogP contribution in [0.15, 0.2) is 84.1 Å². The molecule has 3 heterocycles. The highest BCUT2D eigenvalue weighted by molar-refractivity contribution is 7.85. The molecule has 0 bridgehead atoms. The maximum absolute atomic E-state index is 13.3. The standard InChI is InChI=1S/C49H67ClN6O8S/c1-48(2)38-15-5-7-17-40(38)55(24-9-10-32-65(62,63)64)42(48)21-19-36-13-11-14-37(47(36)50)20-22-43-49(3,4)39-16-6-8-18-41(39)56(43)25-12-23-51-44(57)33-52-26-28-53(34-45(58)59)30-31-54(29-27-52)35-46(60)61/h5-8,15-22,36,47H,9-14,23-35H2,1-4H3,(H3-,51,57,58,59,60,61,62,63,64)/p+1/b21-19+,37-20+,43-22+. The second-order valence-corrected chi connectivity index (χ2v) is 20.9. The molecule has 4 N–H and O–H groups in total. The molecule has 1 saturated carbocycles. The van der Waals surface area contributed by atoms with E-state index in [1.165, 1.54) is 22.4 Å². The number of anilines is 1. The van der Waals surface area contributed by atoms with E-state index in [0.717, 1.165) is 36.3 Å². The molecule has 16 heteroatoms. The average molecular weight is 937 g/mol. The predicted molar refractivity (Wildman–Crippen MR) is 256 cm³/mol. The number of allylic oxidation sites excluding steroid dienone is 6. The summed E-state index contributed by atoms with van der Waals surface area (Å²) in [6.45, 7) is 13.4. The van der Waals surface area contributed by atoms with Gasteiger partial charge in [-0.2, -0.15) is 13.0 Å². The van der Waals surface area contributed by atoms with Gasteiger partial charge in [0.25, 0.3) is 10.1 Å². The molecule has 14 nitrogen and oxygen atoms in total. The van der Waals surface area contributed by atoms with Crippen LogP contribution >= 0.6 is 11.6 Å². The lowest BCUT2D eigenvalue weighted by Gasteiger charge is -2.29. The van der Waals surface area contributed by atoms with Gasteiger partial charge < -0.3 is 20.4 Å². The fraction of sp³-hybridized carbons (Fsp3) is 0.551. The van der Waals surface area contributed by atoms with Crippen LogP contribution in [0.4, 0.5) is 11.4 Å². The lowest BCUT2D eigenvalue weighted by molar-refractivity contribution is -0.438. The number of hydrogen-bond acceptors (Lipinski definition) is 9. The molecule has 0 aromatic heterocycles. The van der Waals surface area contributed by atoms with Crippen molar-refractivity contribution in [2.75, 3.05) is 89.2 Å². The summed E-state index contributed by atoms with van der Waals surface area (Å²) in [5, 5.41) is 21.7. The van der Waals surface area contributed by atoms with Crippen LogP contribution < -0.4 is 10.2 Å². The number of amides is 1. The SMILES string of the molecule is CC1(C)C(/C=C/C2CCC/C(=C\C=C3\N(CCCNC(=O)CN4CCN(CC(=O)O)CCN(CC(=O)O)CC4)c4ccccc4C3(C)C)C2Cl)=[N+](CCCCS(=O)(=O)O)c2ccccc21. The van der Waals surface area contributed by atoms with Crippen LogP contribution in [-0.4, -0.2) is 156 Å². The minimum atomic E-state index is -4.01. The van der Waals surface area contributed by atoms with Crippen molar-refractivity contribution in [1.82, 2.24) is 20.0 Å². The van der Waals surface area contributed by atoms with Crippen molar-refractivity contribution in [3.05, 3.63) is 95.2 Å². The summed E-state index contributed by atoms with van der Waals surface area (Å²) in [6, 6.07) is 16.8. The van der Waals surface area contributed by atoms with E-state index in [2.05, 4.69) is 109 Å². The van der Waals surface area contributed by atoms with Crippen molar-refractivity contribution < 1.29 is 42.1 Å². The third kappa shape index (κ3) is 13.0. The van der Waals surface area contributed by atoms with Crippen LogP contribution in [0, 0.1) is 5.92 Å². The Kier molecular flexibility index (Phi) is 16.9. The Hall–Kier alpha value is -4.38. The molecule has 1 saturated heterocycles. The molecule has 65 heavy (non-hydrogen) atoms. The first kappa shape index (κ1) is 50.0. The molecule has 0 radical (unpaired) electrons. The fourth-order valence-electron chi connectivity index (χ4n) is 9.95. The Morgan fingerprint density at radius 2 is 1.42 bits per heavy atom. The molecule has 3 aliphatic heterocycles. The lowest BCUT2D eigenvalue weighted by Crippen LogP contribution is -2.43. The summed E-state index contributed by atoms with van der Waals surface area (Å²) in [5.74, 6) is -2.15. The van der Waals surface area contributed by atoms with Crippen molar-refractivity contribution in [3.8, 4) is 0 Å². The lowest BCUT2D eigenvalue weighted by atomic mass is 9.79. The van der Waals surface area contributed by atoms with Gasteiger partial charge in [0, 0.05) is 93.3 Å². The predicted octanol–water partition coefficient (Wildman–Crippen LogP) is 5.90. The average Bonchev–Trinajstić information content (AvgIpc) is 3.63.